The van der Waals surface area contributed by atoms with Crippen LogP contribution in [0.15, 0.2) is 64.9 Å². The molecule has 2 aromatic carbocycles. The molecule has 0 aliphatic heterocycles. The maximum absolute atomic E-state index is 12.3. The summed E-state index contributed by atoms with van der Waals surface area (Å²) < 4.78 is 25.9. The summed E-state index contributed by atoms with van der Waals surface area (Å²) in [5.41, 5.74) is 3.23. The first-order valence-electron chi connectivity index (χ1n) is 10.1. The van der Waals surface area contributed by atoms with Gasteiger partial charge in [-0.2, -0.15) is 0 Å². The van der Waals surface area contributed by atoms with Gasteiger partial charge in [0, 0.05) is 38.2 Å². The van der Waals surface area contributed by atoms with Crippen LogP contribution >= 0.6 is 22.7 Å². The average Bonchev–Trinajstić information content (AvgIpc) is 3.39. The first-order valence-corrected chi connectivity index (χ1v) is 13.7. The fourth-order valence-corrected chi connectivity index (χ4v) is 7.08. The molecule has 2 aromatic heterocycles. The normalized spacial score (nSPS) is 12.8. The summed E-state index contributed by atoms with van der Waals surface area (Å²) in [5, 5.41) is 15.6. The van der Waals surface area contributed by atoms with E-state index in [1.165, 1.54) is 33.2 Å². The van der Waals surface area contributed by atoms with E-state index in [2.05, 4.69) is 35.0 Å². The lowest BCUT2D eigenvalue weighted by Gasteiger charge is -2.11. The van der Waals surface area contributed by atoms with Gasteiger partial charge in [-0.25, -0.2) is 8.42 Å². The molecule has 0 amide bonds. The second kappa shape index (κ2) is 9.15. The van der Waals surface area contributed by atoms with Crippen molar-refractivity contribution >= 4 is 48.6 Å². The van der Waals surface area contributed by atoms with E-state index >= 15 is 0 Å². The summed E-state index contributed by atoms with van der Waals surface area (Å²) in [6.07, 6.45) is 1.60. The minimum Gasteiger partial charge on any atom is -0.480 e. The Labute approximate surface area is 195 Å². The predicted octanol–water partition coefficient (Wildman–Crippen LogP) is 5.65. The van der Waals surface area contributed by atoms with Crippen LogP contribution in [-0.4, -0.2) is 31.8 Å². The van der Waals surface area contributed by atoms with Crippen LogP contribution in [0.4, 0.5) is 0 Å². The topological polar surface area (TPSA) is 83.5 Å². The number of hydrogen-bond acceptors (Lipinski definition) is 6. The van der Waals surface area contributed by atoms with Gasteiger partial charge in [-0.15, -0.1) is 22.7 Å². The van der Waals surface area contributed by atoms with Gasteiger partial charge in [0.25, 0.3) is 0 Å². The number of carboxylic acids is 1. The van der Waals surface area contributed by atoms with Crippen LogP contribution in [0.5, 0.6) is 0 Å². The monoisotopic (exact) mass is 485 g/mol. The van der Waals surface area contributed by atoms with Crippen molar-refractivity contribution in [2.75, 3.05) is 6.26 Å². The number of aliphatic carboxylic acids is 1. The fraction of sp³-hybridized carbons (Fsp3) is 0.208. The molecule has 4 aromatic rings. The highest BCUT2D eigenvalue weighted by atomic mass is 32.2. The van der Waals surface area contributed by atoms with Gasteiger partial charge < -0.3 is 5.11 Å². The first-order chi connectivity index (χ1) is 15.3. The third-order valence-corrected chi connectivity index (χ3v) is 8.79. The number of hydrogen-bond donors (Lipinski definition) is 2. The Kier molecular flexibility index (Phi) is 6.48. The van der Waals surface area contributed by atoms with Crippen molar-refractivity contribution in [3.8, 4) is 21.6 Å². The summed E-state index contributed by atoms with van der Waals surface area (Å²) in [7, 11) is -3.44. The Balaban J connectivity index is 1.64. The number of carboxylic acid groups (broad SMARTS) is 1. The highest BCUT2D eigenvalue weighted by Gasteiger charge is 2.21. The standard InChI is InChI=1S/C24H23NO4S3/c1-3-19(24(26)27)25-13-22-23(32(2,28)29)12-21(31-22)16-10-8-15(9-11-16)18-14-30-20-7-5-4-6-17(18)20/h4-12,14,19,25H,3,13H2,1-2H3,(H,26,27). The van der Waals surface area contributed by atoms with Crippen LogP contribution in [0.25, 0.3) is 31.7 Å². The minimum atomic E-state index is -3.44. The van der Waals surface area contributed by atoms with Crippen molar-refractivity contribution in [1.82, 2.24) is 5.32 Å². The van der Waals surface area contributed by atoms with Crippen molar-refractivity contribution in [1.29, 1.82) is 0 Å². The third-order valence-electron chi connectivity index (χ3n) is 5.35. The van der Waals surface area contributed by atoms with Crippen LogP contribution in [-0.2, 0) is 21.2 Å². The Bertz CT molecular complexity index is 1370. The number of sulfone groups is 1. The minimum absolute atomic E-state index is 0.191. The number of carbonyl (C=O) groups is 1. The summed E-state index contributed by atoms with van der Waals surface area (Å²) in [6.45, 7) is 1.97. The lowest BCUT2D eigenvalue weighted by molar-refractivity contribution is -0.139. The molecule has 0 radical (unpaired) electrons. The molecular weight excluding hydrogens is 462 g/mol. The van der Waals surface area contributed by atoms with E-state index in [1.54, 1.807) is 24.3 Å². The van der Waals surface area contributed by atoms with Gasteiger partial charge in [-0.05, 0) is 35.1 Å². The number of fused-ring (bicyclic) bond motifs is 1. The van der Waals surface area contributed by atoms with Crippen molar-refractivity contribution in [2.24, 2.45) is 0 Å². The average molecular weight is 486 g/mol. The molecular formula is C24H23NO4S3. The second-order valence-corrected chi connectivity index (χ2v) is 11.6. The molecule has 0 fully saturated rings. The van der Waals surface area contributed by atoms with E-state index in [-0.39, 0.29) is 11.4 Å². The third kappa shape index (κ3) is 4.63. The van der Waals surface area contributed by atoms with Gasteiger partial charge in [0.05, 0.1) is 4.90 Å². The Morgan fingerprint density at radius 1 is 1.09 bits per heavy atom. The Morgan fingerprint density at radius 2 is 1.78 bits per heavy atom. The number of thiophene rings is 2. The highest BCUT2D eigenvalue weighted by molar-refractivity contribution is 7.91. The highest BCUT2D eigenvalue weighted by Crippen LogP contribution is 2.37. The summed E-state index contributed by atoms with van der Waals surface area (Å²) in [6, 6.07) is 17.4. The van der Waals surface area contributed by atoms with Crippen LogP contribution in [0.2, 0.25) is 0 Å². The zero-order chi connectivity index (χ0) is 22.9. The van der Waals surface area contributed by atoms with E-state index in [1.807, 2.05) is 24.3 Å². The molecule has 5 nitrogen and oxygen atoms in total. The van der Waals surface area contributed by atoms with E-state index in [4.69, 9.17) is 0 Å². The van der Waals surface area contributed by atoms with Crippen molar-refractivity contribution in [2.45, 2.75) is 30.8 Å². The van der Waals surface area contributed by atoms with Gasteiger partial charge in [0.1, 0.15) is 6.04 Å². The fourth-order valence-electron chi connectivity index (χ4n) is 3.63. The van der Waals surface area contributed by atoms with Crippen molar-refractivity contribution in [3.63, 3.8) is 0 Å². The second-order valence-electron chi connectivity index (χ2n) is 7.57. The van der Waals surface area contributed by atoms with Gasteiger partial charge in [-0.3, -0.25) is 10.1 Å². The molecule has 2 heterocycles. The molecule has 1 unspecified atom stereocenters. The van der Waals surface area contributed by atoms with Gasteiger partial charge >= 0.3 is 5.97 Å². The van der Waals surface area contributed by atoms with E-state index in [0.717, 1.165) is 16.0 Å². The summed E-state index contributed by atoms with van der Waals surface area (Å²) in [5.74, 6) is -0.943. The number of nitrogens with one attached hydrogen (secondary N) is 1. The van der Waals surface area contributed by atoms with E-state index in [9.17, 15) is 18.3 Å². The number of benzene rings is 2. The molecule has 0 aliphatic rings. The van der Waals surface area contributed by atoms with Crippen LogP contribution in [0.1, 0.15) is 18.2 Å². The van der Waals surface area contributed by atoms with Crippen LogP contribution < -0.4 is 5.32 Å². The molecule has 166 valence electrons. The largest absolute Gasteiger partial charge is 0.480 e. The molecule has 0 bridgehead atoms. The summed E-state index contributed by atoms with van der Waals surface area (Å²) in [4.78, 5) is 13.0. The Hall–Kier alpha value is -2.52. The van der Waals surface area contributed by atoms with Gasteiger partial charge in [0.15, 0.2) is 9.84 Å². The van der Waals surface area contributed by atoms with Crippen molar-refractivity contribution in [3.05, 3.63) is 64.9 Å². The van der Waals surface area contributed by atoms with Crippen LogP contribution in [0, 0.1) is 0 Å². The van der Waals surface area contributed by atoms with Gasteiger partial charge in [0.2, 0.25) is 0 Å². The smallest absolute Gasteiger partial charge is 0.320 e. The maximum atomic E-state index is 12.3. The molecule has 1 atom stereocenters. The molecule has 8 heteroatoms. The zero-order valence-electron chi connectivity index (χ0n) is 17.7. The van der Waals surface area contributed by atoms with Gasteiger partial charge in [-0.1, -0.05) is 49.4 Å². The van der Waals surface area contributed by atoms with Crippen LogP contribution in [0.3, 0.4) is 0 Å². The molecule has 0 aliphatic carbocycles. The summed E-state index contributed by atoms with van der Waals surface area (Å²) >= 11 is 3.09. The zero-order valence-corrected chi connectivity index (χ0v) is 20.1. The molecule has 0 spiro atoms. The molecule has 32 heavy (non-hydrogen) atoms. The SMILES string of the molecule is CCC(NCc1sc(-c2ccc(-c3csc4ccccc34)cc2)cc1S(C)(=O)=O)C(=O)O. The number of rotatable bonds is 8. The maximum Gasteiger partial charge on any atom is 0.320 e. The lowest BCUT2D eigenvalue weighted by Crippen LogP contribution is -2.35. The molecule has 4 rings (SSSR count). The molecule has 2 N–H and O–H groups in total. The van der Waals surface area contributed by atoms with E-state index in [0.29, 0.717) is 11.3 Å². The van der Waals surface area contributed by atoms with E-state index < -0.39 is 21.8 Å². The predicted molar refractivity (Wildman–Crippen MR) is 132 cm³/mol. The lowest BCUT2D eigenvalue weighted by atomic mass is 10.0. The molecule has 0 saturated carbocycles. The first kappa shape index (κ1) is 22.7. The Morgan fingerprint density at radius 3 is 2.44 bits per heavy atom. The quantitative estimate of drug-likeness (QED) is 0.337. The molecule has 0 saturated heterocycles. The van der Waals surface area contributed by atoms with Crippen molar-refractivity contribution < 1.29 is 18.3 Å².